The van der Waals surface area contributed by atoms with Crippen molar-refractivity contribution < 1.29 is 41.9 Å². The third kappa shape index (κ3) is 6.63. The zero-order valence-corrected chi connectivity index (χ0v) is 27.1. The number of rotatable bonds is 11. The number of hydrogen-bond acceptors (Lipinski definition) is 9. The van der Waals surface area contributed by atoms with Crippen LogP contribution in [-0.4, -0.2) is 68.5 Å². The van der Waals surface area contributed by atoms with Crippen molar-refractivity contribution in [2.45, 2.75) is 54.9 Å². The van der Waals surface area contributed by atoms with E-state index >= 15 is 0 Å². The van der Waals surface area contributed by atoms with Crippen molar-refractivity contribution in [2.75, 3.05) is 20.3 Å². The van der Waals surface area contributed by atoms with E-state index in [1.807, 2.05) is 72.8 Å². The molecule has 10 nitrogen and oxygen atoms in total. The Morgan fingerprint density at radius 1 is 0.854 bits per heavy atom. The number of ether oxygens (including phenoxy) is 6. The second kappa shape index (κ2) is 14.2. The van der Waals surface area contributed by atoms with E-state index in [0.29, 0.717) is 11.9 Å². The number of hydrogen-bond donors (Lipinski definition) is 1. The summed E-state index contributed by atoms with van der Waals surface area (Å²) < 4.78 is 64.8. The second-order valence-corrected chi connectivity index (χ2v) is 13.6. The lowest BCUT2D eigenvalue weighted by atomic mass is 9.97. The molecule has 6 atom stereocenters. The highest BCUT2D eigenvalue weighted by atomic mass is 32.2. The van der Waals surface area contributed by atoms with Crippen LogP contribution in [0.3, 0.4) is 0 Å². The van der Waals surface area contributed by atoms with Crippen LogP contribution in [0.1, 0.15) is 23.0 Å². The standard InChI is InChI=1S/C37H37NO9S/c1-42-28-18-16-26(17-19-28)36-45-24-32-34(47-36)35(44-23-25-10-4-2-5-11-25)33(39)37(46-32)43-21-20-27-22-38(31-15-9-8-14-30(27)31)48(40,41)29-12-6-3-7-13-29/h2-19,22,32-37,39H,20-21,23-24H2,1H3/t32-,33+,34-,35-,36?,37-/m0/s1. The maximum absolute atomic E-state index is 13.5. The van der Waals surface area contributed by atoms with Crippen LogP contribution in [0, 0.1) is 0 Å². The van der Waals surface area contributed by atoms with Crippen molar-refractivity contribution in [3.8, 4) is 5.75 Å². The molecule has 48 heavy (non-hydrogen) atoms. The monoisotopic (exact) mass is 671 g/mol. The van der Waals surface area contributed by atoms with Gasteiger partial charge < -0.3 is 33.5 Å². The van der Waals surface area contributed by atoms with Crippen molar-refractivity contribution in [2.24, 2.45) is 0 Å². The van der Waals surface area contributed by atoms with Crippen molar-refractivity contribution in [3.05, 3.63) is 132 Å². The van der Waals surface area contributed by atoms with Gasteiger partial charge in [0.25, 0.3) is 10.0 Å². The van der Waals surface area contributed by atoms with Gasteiger partial charge in [-0.05, 0) is 47.9 Å². The molecule has 7 rings (SSSR count). The number of aromatic nitrogens is 1. The molecule has 1 aromatic heterocycles. The summed E-state index contributed by atoms with van der Waals surface area (Å²) in [6.45, 7) is 0.607. The molecule has 0 bridgehead atoms. The minimum atomic E-state index is -3.82. The van der Waals surface area contributed by atoms with Gasteiger partial charge in [-0.15, -0.1) is 0 Å². The smallest absolute Gasteiger partial charge is 0.268 e. The maximum atomic E-state index is 13.5. The fraction of sp³-hybridized carbons (Fsp3) is 0.297. The number of fused-ring (bicyclic) bond motifs is 2. The summed E-state index contributed by atoms with van der Waals surface area (Å²) in [5.41, 5.74) is 3.12. The van der Waals surface area contributed by atoms with Gasteiger partial charge in [-0.25, -0.2) is 12.4 Å². The molecule has 0 spiro atoms. The Kier molecular flexibility index (Phi) is 9.60. The van der Waals surface area contributed by atoms with E-state index in [0.717, 1.165) is 27.8 Å². The fourth-order valence-corrected chi connectivity index (χ4v) is 7.61. The second-order valence-electron chi connectivity index (χ2n) is 11.7. The molecule has 4 aromatic carbocycles. The van der Waals surface area contributed by atoms with Gasteiger partial charge in [0.15, 0.2) is 12.6 Å². The minimum Gasteiger partial charge on any atom is -0.497 e. The van der Waals surface area contributed by atoms with Crippen molar-refractivity contribution in [1.29, 1.82) is 0 Å². The molecule has 11 heteroatoms. The molecule has 0 amide bonds. The highest BCUT2D eigenvalue weighted by Crippen LogP contribution is 2.36. The molecule has 2 aliphatic heterocycles. The number of para-hydroxylation sites is 1. The molecule has 1 unspecified atom stereocenters. The normalized spacial score (nSPS) is 24.3. The van der Waals surface area contributed by atoms with Gasteiger partial charge in [-0.2, -0.15) is 0 Å². The fourth-order valence-electron chi connectivity index (χ4n) is 6.20. The predicted molar refractivity (Wildman–Crippen MR) is 177 cm³/mol. The van der Waals surface area contributed by atoms with E-state index < -0.39 is 47.0 Å². The van der Waals surface area contributed by atoms with E-state index in [1.54, 1.807) is 49.7 Å². The van der Waals surface area contributed by atoms with E-state index in [1.165, 1.54) is 3.97 Å². The van der Waals surface area contributed by atoms with Crippen molar-refractivity contribution in [1.82, 2.24) is 3.97 Å². The molecule has 1 N–H and O–H groups in total. The summed E-state index contributed by atoms with van der Waals surface area (Å²) in [6.07, 6.45) is -2.85. The zero-order valence-electron chi connectivity index (χ0n) is 26.3. The van der Waals surface area contributed by atoms with Crippen LogP contribution in [-0.2, 0) is 46.7 Å². The maximum Gasteiger partial charge on any atom is 0.268 e. The largest absolute Gasteiger partial charge is 0.497 e. The summed E-state index contributed by atoms with van der Waals surface area (Å²) in [5.74, 6) is 0.718. The molecule has 0 aliphatic carbocycles. The van der Waals surface area contributed by atoms with Crippen LogP contribution in [0.15, 0.2) is 120 Å². The first-order chi connectivity index (χ1) is 23.4. The van der Waals surface area contributed by atoms with Gasteiger partial charge in [0.2, 0.25) is 0 Å². The Morgan fingerprint density at radius 3 is 2.31 bits per heavy atom. The highest BCUT2D eigenvalue weighted by molar-refractivity contribution is 7.90. The van der Waals surface area contributed by atoms with Gasteiger partial charge in [0.1, 0.15) is 30.2 Å². The molecule has 250 valence electrons. The number of benzene rings is 4. The summed E-state index contributed by atoms with van der Waals surface area (Å²) in [4.78, 5) is 0.203. The van der Waals surface area contributed by atoms with Gasteiger partial charge in [0, 0.05) is 17.1 Å². The first-order valence-electron chi connectivity index (χ1n) is 15.8. The third-order valence-corrected chi connectivity index (χ3v) is 10.4. The van der Waals surface area contributed by atoms with Crippen molar-refractivity contribution >= 4 is 20.9 Å². The third-order valence-electron chi connectivity index (χ3n) is 8.69. The molecular weight excluding hydrogens is 634 g/mol. The van der Waals surface area contributed by atoms with E-state index in [-0.39, 0.29) is 24.7 Å². The Hall–Kier alpha value is -4.07. The van der Waals surface area contributed by atoms with E-state index in [9.17, 15) is 13.5 Å². The molecule has 2 aliphatic rings. The summed E-state index contributed by atoms with van der Waals surface area (Å²) in [7, 11) is -2.21. The predicted octanol–water partition coefficient (Wildman–Crippen LogP) is 5.23. The van der Waals surface area contributed by atoms with Gasteiger partial charge in [-0.1, -0.05) is 78.9 Å². The van der Waals surface area contributed by atoms with E-state index in [2.05, 4.69) is 0 Å². The SMILES string of the molecule is COc1ccc(C2OC[C@@H]3O[C@H](OCCc4cn(S(=O)(=O)c5ccccc5)c5ccccc45)[C@H](O)[C@H](OCc4ccccc4)[C@H]3O2)cc1. The molecule has 2 saturated heterocycles. The zero-order chi connectivity index (χ0) is 33.1. The highest BCUT2D eigenvalue weighted by Gasteiger charge is 2.50. The molecular formula is C37H37NO9S. The first kappa shape index (κ1) is 32.5. The molecule has 0 radical (unpaired) electrons. The molecule has 0 saturated carbocycles. The number of nitrogens with zero attached hydrogens (tertiary/aromatic N) is 1. The van der Waals surface area contributed by atoms with Gasteiger partial charge in [0.05, 0.1) is 37.3 Å². The Bertz CT molecular complexity index is 1920. The minimum absolute atomic E-state index is 0.153. The number of methoxy groups -OCH3 is 1. The average molecular weight is 672 g/mol. The molecule has 2 fully saturated rings. The summed E-state index contributed by atoms with van der Waals surface area (Å²) in [5, 5.41) is 12.4. The van der Waals surface area contributed by atoms with E-state index in [4.69, 9.17) is 28.4 Å². The number of aliphatic hydroxyl groups is 1. The van der Waals surface area contributed by atoms with Crippen LogP contribution >= 0.6 is 0 Å². The van der Waals surface area contributed by atoms with Gasteiger partial charge >= 0.3 is 0 Å². The van der Waals surface area contributed by atoms with Crippen molar-refractivity contribution in [3.63, 3.8) is 0 Å². The summed E-state index contributed by atoms with van der Waals surface area (Å²) in [6, 6.07) is 32.8. The first-order valence-corrected chi connectivity index (χ1v) is 17.3. The lowest BCUT2D eigenvalue weighted by Gasteiger charge is -2.47. The van der Waals surface area contributed by atoms with Crippen LogP contribution in [0.5, 0.6) is 5.75 Å². The Morgan fingerprint density at radius 2 is 1.56 bits per heavy atom. The van der Waals surface area contributed by atoms with Gasteiger partial charge in [-0.3, -0.25) is 0 Å². The number of aliphatic hydroxyl groups excluding tert-OH is 1. The molecule has 5 aromatic rings. The van der Waals surface area contributed by atoms with Crippen LogP contribution in [0.2, 0.25) is 0 Å². The van der Waals surface area contributed by atoms with Crippen LogP contribution in [0.4, 0.5) is 0 Å². The topological polar surface area (TPSA) is 115 Å². The summed E-state index contributed by atoms with van der Waals surface area (Å²) >= 11 is 0. The lowest BCUT2D eigenvalue weighted by molar-refractivity contribution is -0.366. The Labute approximate surface area is 279 Å². The average Bonchev–Trinajstić information content (AvgIpc) is 3.51. The van der Waals surface area contributed by atoms with Crippen LogP contribution < -0.4 is 4.74 Å². The quantitative estimate of drug-likeness (QED) is 0.202. The molecule has 3 heterocycles. The van der Waals surface area contributed by atoms with Crippen LogP contribution in [0.25, 0.3) is 10.9 Å². The Balaban J connectivity index is 1.08. The lowest BCUT2D eigenvalue weighted by Crippen LogP contribution is -2.63.